The van der Waals surface area contributed by atoms with Crippen molar-refractivity contribution in [2.24, 2.45) is 0 Å². The maximum absolute atomic E-state index is 12.7. The molecule has 0 aromatic heterocycles. The van der Waals surface area contributed by atoms with Crippen LogP contribution < -0.4 is 10.1 Å². The molecular weight excluding hydrogens is 507 g/mol. The minimum Gasteiger partial charge on any atom is -0.457 e. The van der Waals surface area contributed by atoms with Crippen molar-refractivity contribution in [1.82, 2.24) is 5.32 Å². The molecule has 198 valence electrons. The molecule has 3 aromatic carbocycles. The van der Waals surface area contributed by atoms with Crippen molar-refractivity contribution < 1.29 is 9.84 Å². The van der Waals surface area contributed by atoms with Crippen molar-refractivity contribution in [1.29, 1.82) is 0 Å². The van der Waals surface area contributed by atoms with Gasteiger partial charge in [0.2, 0.25) is 0 Å². The molecule has 38 heavy (non-hydrogen) atoms. The summed E-state index contributed by atoms with van der Waals surface area (Å²) < 4.78 is 5.81. The van der Waals surface area contributed by atoms with Gasteiger partial charge in [-0.2, -0.15) is 0 Å². The summed E-state index contributed by atoms with van der Waals surface area (Å²) in [5, 5.41) is 16.2. The Morgan fingerprint density at radius 2 is 1.45 bits per heavy atom. The predicted molar refractivity (Wildman–Crippen MR) is 162 cm³/mol. The molecule has 0 amide bonds. The number of fused-ring (bicyclic) bond motifs is 2. The first kappa shape index (κ1) is 27.2. The van der Waals surface area contributed by atoms with Gasteiger partial charge in [-0.15, -0.1) is 29.4 Å². The molecule has 2 N–H and O–H groups in total. The second kappa shape index (κ2) is 13.1. The third-order valence-corrected chi connectivity index (χ3v) is 11.0. The summed E-state index contributed by atoms with van der Waals surface area (Å²) in [6.07, 6.45) is 7.53. The summed E-state index contributed by atoms with van der Waals surface area (Å²) in [5.74, 6) is 10.3. The fraction of sp³-hybridized carbons (Fsp3) is 0.394. The lowest BCUT2D eigenvalue weighted by atomic mass is 9.78. The van der Waals surface area contributed by atoms with E-state index in [-0.39, 0.29) is 0 Å². The van der Waals surface area contributed by atoms with E-state index in [0.29, 0.717) is 0 Å². The molecule has 0 spiro atoms. The minimum absolute atomic E-state index is 0.415. The fourth-order valence-corrected chi connectivity index (χ4v) is 9.02. The van der Waals surface area contributed by atoms with Gasteiger partial charge in [0.15, 0.2) is 0 Å². The molecule has 0 atom stereocenters. The van der Waals surface area contributed by atoms with Crippen LogP contribution in [0.15, 0.2) is 78.9 Å². The molecule has 3 aromatic rings. The average molecular weight is 544 g/mol. The highest BCUT2D eigenvalue weighted by molar-refractivity contribution is 8.18. The highest BCUT2D eigenvalue weighted by atomic mass is 32.2. The summed E-state index contributed by atoms with van der Waals surface area (Å²) >= 11 is 3.79. The van der Waals surface area contributed by atoms with Crippen LogP contribution in [-0.4, -0.2) is 33.8 Å². The quantitative estimate of drug-likeness (QED) is 0.206. The molecular formula is C33H37NO2S2. The zero-order valence-electron chi connectivity index (χ0n) is 22.0. The van der Waals surface area contributed by atoms with Crippen molar-refractivity contribution >= 4 is 23.5 Å². The van der Waals surface area contributed by atoms with Gasteiger partial charge in [-0.1, -0.05) is 79.1 Å². The molecule has 0 aliphatic carbocycles. The van der Waals surface area contributed by atoms with Crippen LogP contribution in [0.5, 0.6) is 11.5 Å². The standard InChI is InChI=1S/C33H37NO2S2/c35-33(28-18-7-9-20-30(28)36-31-21-10-8-19-29(31)33)32(37-25-14-26-38-32)22-11-3-13-24-34-23-12-2-6-17-27-15-4-1-5-16-27/h1,4-5,7-10,15-16,18-21,34-35H,2,6,11-12,14,17,22-26H2. The highest BCUT2D eigenvalue weighted by Crippen LogP contribution is 2.62. The van der Waals surface area contributed by atoms with Gasteiger partial charge < -0.3 is 15.2 Å². The highest BCUT2D eigenvalue weighted by Gasteiger charge is 2.57. The van der Waals surface area contributed by atoms with Crippen molar-refractivity contribution in [3.8, 4) is 23.3 Å². The number of benzene rings is 3. The molecule has 2 aliphatic rings. The normalized spacial score (nSPS) is 16.9. The summed E-state index contributed by atoms with van der Waals surface area (Å²) in [5.41, 5.74) is 2.01. The lowest BCUT2D eigenvalue weighted by Gasteiger charge is -2.50. The fourth-order valence-electron chi connectivity index (χ4n) is 5.42. The number of rotatable bonds is 10. The van der Waals surface area contributed by atoms with Crippen LogP contribution in [0.1, 0.15) is 55.2 Å². The first-order valence-corrected chi connectivity index (χ1v) is 15.8. The van der Waals surface area contributed by atoms with Crippen LogP contribution in [0, 0.1) is 11.8 Å². The molecule has 0 radical (unpaired) electrons. The minimum atomic E-state index is -1.14. The number of para-hydroxylation sites is 2. The molecule has 3 nitrogen and oxygen atoms in total. The smallest absolute Gasteiger partial charge is 0.145 e. The number of aliphatic hydroxyl groups is 1. The molecule has 5 rings (SSSR count). The Kier molecular flexibility index (Phi) is 9.40. The van der Waals surface area contributed by atoms with Gasteiger partial charge in [0.05, 0.1) is 10.6 Å². The van der Waals surface area contributed by atoms with Crippen LogP contribution in [0.25, 0.3) is 0 Å². The monoisotopic (exact) mass is 543 g/mol. The Morgan fingerprint density at radius 1 is 0.789 bits per heavy atom. The Bertz CT molecular complexity index is 1200. The third-order valence-electron chi connectivity index (χ3n) is 7.36. The summed E-state index contributed by atoms with van der Waals surface area (Å²) in [6.45, 7) is 1.72. The summed E-state index contributed by atoms with van der Waals surface area (Å²) in [6, 6.07) is 26.7. The Hall–Kier alpha value is -2.36. The molecule has 1 saturated heterocycles. The van der Waals surface area contributed by atoms with Gasteiger partial charge in [0.1, 0.15) is 17.1 Å². The number of aryl methyl sites for hydroxylation is 1. The van der Waals surface area contributed by atoms with E-state index >= 15 is 0 Å². The molecule has 5 heteroatoms. The van der Waals surface area contributed by atoms with Crippen molar-refractivity contribution in [3.63, 3.8) is 0 Å². The number of hydrogen-bond acceptors (Lipinski definition) is 5. The zero-order valence-corrected chi connectivity index (χ0v) is 23.6. The molecule has 1 fully saturated rings. The van der Waals surface area contributed by atoms with Crippen LogP contribution in [0.3, 0.4) is 0 Å². The van der Waals surface area contributed by atoms with Gasteiger partial charge in [-0.25, -0.2) is 0 Å². The average Bonchev–Trinajstić information content (AvgIpc) is 2.97. The third kappa shape index (κ3) is 5.95. The summed E-state index contributed by atoms with van der Waals surface area (Å²) in [4.78, 5) is 0. The van der Waals surface area contributed by atoms with E-state index in [4.69, 9.17) is 4.74 Å². The molecule has 2 heterocycles. The lowest BCUT2D eigenvalue weighted by molar-refractivity contribution is 0.0540. The van der Waals surface area contributed by atoms with Crippen molar-refractivity contribution in [2.45, 2.75) is 54.6 Å². The maximum atomic E-state index is 12.7. The van der Waals surface area contributed by atoms with E-state index in [0.717, 1.165) is 72.9 Å². The van der Waals surface area contributed by atoms with Gasteiger partial charge >= 0.3 is 0 Å². The first-order valence-electron chi connectivity index (χ1n) is 13.8. The second-order valence-electron chi connectivity index (χ2n) is 9.93. The predicted octanol–water partition coefficient (Wildman–Crippen LogP) is 7.38. The molecule has 0 unspecified atom stereocenters. The van der Waals surface area contributed by atoms with E-state index in [2.05, 4.69) is 47.5 Å². The van der Waals surface area contributed by atoms with E-state index in [1.54, 1.807) is 0 Å². The second-order valence-corrected chi connectivity index (χ2v) is 13.0. The van der Waals surface area contributed by atoms with Gasteiger partial charge in [0, 0.05) is 17.5 Å². The van der Waals surface area contributed by atoms with Crippen LogP contribution in [0.2, 0.25) is 0 Å². The lowest BCUT2D eigenvalue weighted by Crippen LogP contribution is -2.51. The van der Waals surface area contributed by atoms with Crippen LogP contribution >= 0.6 is 23.5 Å². The van der Waals surface area contributed by atoms with Crippen molar-refractivity contribution in [2.75, 3.05) is 24.6 Å². The maximum Gasteiger partial charge on any atom is 0.145 e. The van der Waals surface area contributed by atoms with Crippen LogP contribution in [-0.2, 0) is 12.0 Å². The number of nitrogens with one attached hydrogen (secondary N) is 1. The Labute approximate surface area is 236 Å². The van der Waals surface area contributed by atoms with E-state index in [9.17, 15) is 5.11 Å². The molecule has 2 aliphatic heterocycles. The SMILES string of the molecule is OC1(C2(CCC#CCNCCCCCc3ccccc3)SCCCS2)c2ccccc2Oc2ccccc21. The van der Waals surface area contributed by atoms with Gasteiger partial charge in [-0.3, -0.25) is 0 Å². The van der Waals surface area contributed by atoms with E-state index < -0.39 is 9.68 Å². The number of thioether (sulfide) groups is 2. The van der Waals surface area contributed by atoms with Crippen molar-refractivity contribution in [3.05, 3.63) is 95.6 Å². The van der Waals surface area contributed by atoms with Gasteiger partial charge in [-0.05, 0) is 67.9 Å². The molecule has 0 bridgehead atoms. The van der Waals surface area contributed by atoms with E-state index in [1.807, 2.05) is 72.1 Å². The van der Waals surface area contributed by atoms with E-state index in [1.165, 1.54) is 24.8 Å². The number of ether oxygens (including phenoxy) is 1. The Morgan fingerprint density at radius 3 is 2.16 bits per heavy atom. The zero-order chi connectivity index (χ0) is 26.1. The molecule has 0 saturated carbocycles. The summed E-state index contributed by atoms with van der Waals surface area (Å²) in [7, 11) is 0. The first-order chi connectivity index (χ1) is 18.7. The largest absolute Gasteiger partial charge is 0.457 e. The topological polar surface area (TPSA) is 41.5 Å². The number of unbranched alkanes of at least 4 members (excludes halogenated alkanes) is 2. The van der Waals surface area contributed by atoms with Gasteiger partial charge in [0.25, 0.3) is 0 Å². The number of hydrogen-bond donors (Lipinski definition) is 2. The van der Waals surface area contributed by atoms with Crippen LogP contribution in [0.4, 0.5) is 0 Å². The Balaban J connectivity index is 1.18.